The molecule has 2 atom stereocenters. The first kappa shape index (κ1) is 17.4. The molecule has 1 saturated heterocycles. The molecule has 1 aliphatic heterocycles. The van der Waals surface area contributed by atoms with E-state index in [1.165, 1.54) is 12.8 Å². The monoisotopic (exact) mass is 285 g/mol. The number of rotatable bonds is 7. The third-order valence-electron chi connectivity index (χ3n) is 5.00. The van der Waals surface area contributed by atoms with Crippen molar-refractivity contribution >= 4 is 5.97 Å². The first-order valence-corrected chi connectivity index (χ1v) is 7.70. The number of carbonyl (C=O) groups is 1. The van der Waals surface area contributed by atoms with Gasteiger partial charge in [0.05, 0.1) is 0 Å². The van der Waals surface area contributed by atoms with E-state index in [0.717, 1.165) is 19.6 Å². The van der Waals surface area contributed by atoms with E-state index in [9.17, 15) is 9.90 Å². The summed E-state index contributed by atoms with van der Waals surface area (Å²) < 4.78 is 0. The Morgan fingerprint density at radius 2 is 2.05 bits per heavy atom. The molecule has 0 bridgehead atoms. The molecule has 2 unspecified atom stereocenters. The minimum atomic E-state index is -0.849. The molecule has 1 heterocycles. The van der Waals surface area contributed by atoms with Gasteiger partial charge in [0.15, 0.2) is 0 Å². The number of nitrogens with one attached hydrogen (secondary N) is 1. The molecule has 1 aliphatic rings. The molecule has 0 radical (unpaired) electrons. The lowest BCUT2D eigenvalue weighted by atomic mass is 9.91. The van der Waals surface area contributed by atoms with Gasteiger partial charge in [-0.05, 0) is 66.8 Å². The number of aliphatic carboxylic acids is 1. The molecule has 118 valence electrons. The standard InChI is InChI=1S/C15H31N3O2/c1-6-18-9-7-13(8-10-18)17(5)12(2)11-15(3,16-4)14(19)20/h12-13,16H,6-11H2,1-5H3,(H,19,20). The zero-order valence-electron chi connectivity index (χ0n) is 13.6. The SMILES string of the molecule is CCN1CCC(N(C)C(C)CC(C)(NC)C(=O)O)CC1. The third-order valence-corrected chi connectivity index (χ3v) is 5.00. The number of likely N-dealkylation sites (tertiary alicyclic amines) is 1. The van der Waals surface area contributed by atoms with Crippen LogP contribution in [0.15, 0.2) is 0 Å². The lowest BCUT2D eigenvalue weighted by molar-refractivity contribution is -0.144. The minimum Gasteiger partial charge on any atom is -0.480 e. The average Bonchev–Trinajstić information content (AvgIpc) is 2.46. The van der Waals surface area contributed by atoms with E-state index in [0.29, 0.717) is 12.5 Å². The molecular weight excluding hydrogens is 254 g/mol. The van der Waals surface area contributed by atoms with Crippen molar-refractivity contribution in [3.8, 4) is 0 Å². The molecule has 5 nitrogen and oxygen atoms in total. The molecule has 1 rings (SSSR count). The maximum atomic E-state index is 11.4. The van der Waals surface area contributed by atoms with E-state index in [1.54, 1.807) is 14.0 Å². The molecule has 0 aromatic carbocycles. The molecule has 0 aromatic heterocycles. The summed E-state index contributed by atoms with van der Waals surface area (Å²) in [6.07, 6.45) is 2.97. The van der Waals surface area contributed by atoms with E-state index in [2.05, 4.69) is 36.0 Å². The quantitative estimate of drug-likeness (QED) is 0.737. The van der Waals surface area contributed by atoms with Crippen LogP contribution in [0.4, 0.5) is 0 Å². The summed E-state index contributed by atoms with van der Waals surface area (Å²) >= 11 is 0. The largest absolute Gasteiger partial charge is 0.480 e. The topological polar surface area (TPSA) is 55.8 Å². The van der Waals surface area contributed by atoms with Crippen LogP contribution in [0.5, 0.6) is 0 Å². The second-order valence-corrected chi connectivity index (χ2v) is 6.27. The predicted octanol–water partition coefficient (Wildman–Crippen LogP) is 1.24. The number of likely N-dealkylation sites (N-methyl/N-ethyl adjacent to an activating group) is 1. The number of nitrogens with zero attached hydrogens (tertiary/aromatic N) is 2. The maximum absolute atomic E-state index is 11.4. The van der Waals surface area contributed by atoms with Crippen molar-refractivity contribution in [3.63, 3.8) is 0 Å². The summed E-state index contributed by atoms with van der Waals surface area (Å²) in [5.41, 5.74) is -0.849. The van der Waals surface area contributed by atoms with Crippen molar-refractivity contribution in [2.24, 2.45) is 0 Å². The highest BCUT2D eigenvalue weighted by Crippen LogP contribution is 2.22. The normalized spacial score (nSPS) is 22.7. The van der Waals surface area contributed by atoms with E-state index in [1.807, 2.05) is 0 Å². The maximum Gasteiger partial charge on any atom is 0.323 e. The van der Waals surface area contributed by atoms with Gasteiger partial charge in [0.25, 0.3) is 0 Å². The summed E-state index contributed by atoms with van der Waals surface area (Å²) in [7, 11) is 3.86. The second-order valence-electron chi connectivity index (χ2n) is 6.27. The number of carboxylic acid groups (broad SMARTS) is 1. The zero-order chi connectivity index (χ0) is 15.3. The van der Waals surface area contributed by atoms with Crippen molar-refractivity contribution in [1.82, 2.24) is 15.1 Å². The summed E-state index contributed by atoms with van der Waals surface area (Å²) in [5, 5.41) is 12.3. The fourth-order valence-corrected chi connectivity index (χ4v) is 3.03. The van der Waals surface area contributed by atoms with Gasteiger partial charge in [0, 0.05) is 12.1 Å². The molecule has 0 amide bonds. The van der Waals surface area contributed by atoms with Crippen LogP contribution in [-0.2, 0) is 4.79 Å². The number of hydrogen-bond donors (Lipinski definition) is 2. The van der Waals surface area contributed by atoms with Crippen LogP contribution in [0.25, 0.3) is 0 Å². The molecule has 0 aromatic rings. The van der Waals surface area contributed by atoms with Gasteiger partial charge in [-0.15, -0.1) is 0 Å². The predicted molar refractivity (Wildman–Crippen MR) is 82.1 cm³/mol. The zero-order valence-corrected chi connectivity index (χ0v) is 13.6. The lowest BCUT2D eigenvalue weighted by Gasteiger charge is -2.41. The van der Waals surface area contributed by atoms with E-state index in [4.69, 9.17) is 0 Å². The molecule has 5 heteroatoms. The fourth-order valence-electron chi connectivity index (χ4n) is 3.03. The van der Waals surface area contributed by atoms with Gasteiger partial charge in [0.1, 0.15) is 5.54 Å². The molecule has 1 fully saturated rings. The van der Waals surface area contributed by atoms with Crippen molar-refractivity contribution in [2.75, 3.05) is 33.7 Å². The molecule has 0 aliphatic carbocycles. The molecule has 20 heavy (non-hydrogen) atoms. The fraction of sp³-hybridized carbons (Fsp3) is 0.933. The van der Waals surface area contributed by atoms with Gasteiger partial charge < -0.3 is 20.2 Å². The van der Waals surface area contributed by atoms with Crippen molar-refractivity contribution in [3.05, 3.63) is 0 Å². The van der Waals surface area contributed by atoms with Crippen LogP contribution in [0.3, 0.4) is 0 Å². The van der Waals surface area contributed by atoms with Crippen LogP contribution in [-0.4, -0.2) is 72.2 Å². The van der Waals surface area contributed by atoms with Crippen molar-refractivity contribution in [1.29, 1.82) is 0 Å². The highest BCUT2D eigenvalue weighted by Gasteiger charge is 2.35. The Balaban J connectivity index is 2.55. The van der Waals surface area contributed by atoms with Gasteiger partial charge in [-0.25, -0.2) is 0 Å². The van der Waals surface area contributed by atoms with Gasteiger partial charge in [0.2, 0.25) is 0 Å². The number of hydrogen-bond acceptors (Lipinski definition) is 4. The van der Waals surface area contributed by atoms with Gasteiger partial charge in [-0.1, -0.05) is 6.92 Å². The van der Waals surface area contributed by atoms with Gasteiger partial charge >= 0.3 is 5.97 Å². The Morgan fingerprint density at radius 3 is 2.45 bits per heavy atom. The molecule has 0 saturated carbocycles. The van der Waals surface area contributed by atoms with Gasteiger partial charge in [-0.3, -0.25) is 4.79 Å². The number of piperidine rings is 1. The minimum absolute atomic E-state index is 0.252. The summed E-state index contributed by atoms with van der Waals surface area (Å²) in [6, 6.07) is 0.824. The van der Waals surface area contributed by atoms with E-state index in [-0.39, 0.29) is 6.04 Å². The molecule has 0 spiro atoms. The Morgan fingerprint density at radius 1 is 1.50 bits per heavy atom. The lowest BCUT2D eigenvalue weighted by Crippen LogP contribution is -2.54. The Labute approximate surface area is 123 Å². The smallest absolute Gasteiger partial charge is 0.323 e. The van der Waals surface area contributed by atoms with Gasteiger partial charge in [-0.2, -0.15) is 0 Å². The van der Waals surface area contributed by atoms with Crippen LogP contribution < -0.4 is 5.32 Å². The van der Waals surface area contributed by atoms with E-state index >= 15 is 0 Å². The average molecular weight is 285 g/mol. The second kappa shape index (κ2) is 7.38. The van der Waals surface area contributed by atoms with Crippen LogP contribution >= 0.6 is 0 Å². The Kier molecular flexibility index (Phi) is 6.43. The summed E-state index contributed by atoms with van der Waals surface area (Å²) in [5.74, 6) is -0.777. The first-order valence-electron chi connectivity index (χ1n) is 7.70. The molecular formula is C15H31N3O2. The van der Waals surface area contributed by atoms with Crippen LogP contribution in [0, 0.1) is 0 Å². The Bertz CT molecular complexity index is 316. The van der Waals surface area contributed by atoms with E-state index < -0.39 is 11.5 Å². The molecule has 2 N–H and O–H groups in total. The van der Waals surface area contributed by atoms with Crippen LogP contribution in [0.1, 0.15) is 40.0 Å². The summed E-state index contributed by atoms with van der Waals surface area (Å²) in [6.45, 7) is 9.53. The Hall–Kier alpha value is -0.650. The van der Waals surface area contributed by atoms with Crippen molar-refractivity contribution in [2.45, 2.75) is 57.7 Å². The van der Waals surface area contributed by atoms with Crippen molar-refractivity contribution < 1.29 is 9.90 Å². The van der Waals surface area contributed by atoms with Crippen LogP contribution in [0.2, 0.25) is 0 Å². The summed E-state index contributed by atoms with van der Waals surface area (Å²) in [4.78, 5) is 16.2. The highest BCUT2D eigenvalue weighted by molar-refractivity contribution is 5.78. The first-order chi connectivity index (χ1) is 9.34. The third kappa shape index (κ3) is 4.17. The highest BCUT2D eigenvalue weighted by atomic mass is 16.4. The number of carboxylic acids is 1.